The molecule has 0 aromatic rings. The minimum absolute atomic E-state index is 0.178. The molecule has 0 saturated carbocycles. The van der Waals surface area contributed by atoms with Crippen LogP contribution in [0.4, 0.5) is 0 Å². The molecule has 0 aliphatic carbocycles. The Bertz CT molecular complexity index is 2030. The highest BCUT2D eigenvalue weighted by Crippen LogP contribution is 2.20. The fourth-order valence-corrected chi connectivity index (χ4v) is 13.1. The van der Waals surface area contributed by atoms with E-state index in [1.54, 1.807) is 0 Å². The second-order valence-corrected chi connectivity index (χ2v) is 31.2. The molecule has 103 heavy (non-hydrogen) atoms. The molecule has 0 aromatic heterocycles. The van der Waals surface area contributed by atoms with Crippen LogP contribution < -0.4 is 0 Å². The highest BCUT2D eigenvalue weighted by molar-refractivity contribution is 5.71. The van der Waals surface area contributed by atoms with Crippen LogP contribution in [-0.4, -0.2) is 87.4 Å². The first kappa shape index (κ1) is 99.2. The van der Waals surface area contributed by atoms with Crippen molar-refractivity contribution in [1.29, 1.82) is 0 Å². The monoisotopic (exact) mass is 1440 g/mol. The predicted octanol–water partition coefficient (Wildman–Crippen LogP) is 29.0. The first-order valence-corrected chi connectivity index (χ1v) is 44.4. The molecule has 1 N–H and O–H groups in total. The molecule has 598 valence electrons. The van der Waals surface area contributed by atoms with Gasteiger partial charge >= 0.3 is 17.9 Å². The van der Waals surface area contributed by atoms with Gasteiger partial charge in [0.25, 0.3) is 6.29 Å². The number of hydrogen-bond acceptors (Lipinski definition) is 7. The summed E-state index contributed by atoms with van der Waals surface area (Å²) in [5, 5.41) is 9.79. The lowest BCUT2D eigenvalue weighted by Gasteiger charge is -2.25. The van der Waals surface area contributed by atoms with Crippen LogP contribution in [0.15, 0.2) is 97.2 Å². The molecule has 0 saturated heterocycles. The van der Waals surface area contributed by atoms with Crippen molar-refractivity contribution >= 4 is 17.9 Å². The summed E-state index contributed by atoms with van der Waals surface area (Å²) in [7, 11) is 6.00. The van der Waals surface area contributed by atoms with Gasteiger partial charge < -0.3 is 28.5 Å². The topological polar surface area (TPSA) is 108 Å². The summed E-state index contributed by atoms with van der Waals surface area (Å²) in [5.74, 6) is -1.98. The van der Waals surface area contributed by atoms with Gasteiger partial charge in [0.05, 0.1) is 34.4 Å². The third kappa shape index (κ3) is 85.3. The molecule has 2 unspecified atom stereocenters. The molecule has 9 heteroatoms. The summed E-state index contributed by atoms with van der Waals surface area (Å²) in [6, 6.07) is 0. The van der Waals surface area contributed by atoms with Gasteiger partial charge in [0, 0.05) is 12.8 Å². The Hall–Kier alpha value is -3.79. The summed E-state index contributed by atoms with van der Waals surface area (Å²) >= 11 is 0. The van der Waals surface area contributed by atoms with Crippen LogP contribution in [0.2, 0.25) is 0 Å². The van der Waals surface area contributed by atoms with Gasteiger partial charge in [-0.25, -0.2) is 4.79 Å². The Morgan fingerprint density at radius 2 is 0.553 bits per heavy atom. The number of allylic oxidation sites excluding steroid dienone is 16. The number of aliphatic carboxylic acids is 1. The van der Waals surface area contributed by atoms with E-state index in [0.29, 0.717) is 17.4 Å². The van der Waals surface area contributed by atoms with Crippen molar-refractivity contribution in [3.8, 4) is 0 Å². The van der Waals surface area contributed by atoms with E-state index in [9.17, 15) is 19.5 Å². The maximum absolute atomic E-state index is 13.0. The van der Waals surface area contributed by atoms with E-state index in [0.717, 1.165) is 83.5 Å². The molecular formula is C94H170NO8+. The Morgan fingerprint density at radius 1 is 0.301 bits per heavy atom. The number of ether oxygens (including phenoxy) is 4. The molecule has 0 heterocycles. The van der Waals surface area contributed by atoms with Gasteiger partial charge in [0.15, 0.2) is 6.10 Å². The zero-order valence-corrected chi connectivity index (χ0v) is 68.7. The smallest absolute Gasteiger partial charge is 0.361 e. The van der Waals surface area contributed by atoms with Crippen molar-refractivity contribution in [3.63, 3.8) is 0 Å². The summed E-state index contributed by atoms with van der Waals surface area (Å²) in [5.41, 5.74) is 0. The molecule has 0 amide bonds. The van der Waals surface area contributed by atoms with E-state index in [-0.39, 0.29) is 38.2 Å². The number of likely N-dealkylation sites (N-methyl/N-ethyl adjacent to an activating group) is 1. The SMILES string of the molecule is CC/C=C\C/C=C\C/C=C\C/C=C\C/C=C\C/C=C\CCCCCCCCCCCCCCCCCCCCCCC(=O)OC(COC(=O)CCCCCCCCCCCCCCCCCCCCCCCCCCCCC/C=C\C/C=C\CCCCCCC)COC(OCC[N+](C)(C)C)C(=O)O. The molecule has 0 bridgehead atoms. The average Bonchev–Trinajstić information content (AvgIpc) is 0.985. The summed E-state index contributed by atoms with van der Waals surface area (Å²) in [4.78, 5) is 37.8. The van der Waals surface area contributed by atoms with E-state index in [1.807, 2.05) is 21.1 Å². The van der Waals surface area contributed by atoms with E-state index in [1.165, 1.54) is 315 Å². The minimum atomic E-state index is -1.51. The van der Waals surface area contributed by atoms with Crippen molar-refractivity contribution in [2.45, 2.75) is 437 Å². The van der Waals surface area contributed by atoms with Crippen LogP contribution in [0.3, 0.4) is 0 Å². The Kier molecular flexibility index (Phi) is 80.8. The molecular weight excluding hydrogens is 1270 g/mol. The number of rotatable bonds is 83. The average molecular weight is 1440 g/mol. The third-order valence-corrected chi connectivity index (χ3v) is 19.8. The van der Waals surface area contributed by atoms with E-state index >= 15 is 0 Å². The lowest BCUT2D eigenvalue weighted by atomic mass is 10.0. The molecule has 0 spiro atoms. The maximum Gasteiger partial charge on any atom is 0.361 e. The van der Waals surface area contributed by atoms with Crippen LogP contribution in [0.1, 0.15) is 425 Å². The quantitative estimate of drug-likeness (QED) is 0.0211. The van der Waals surface area contributed by atoms with Crippen molar-refractivity contribution in [1.82, 2.24) is 0 Å². The number of carbonyl (C=O) groups is 3. The van der Waals surface area contributed by atoms with Gasteiger partial charge in [-0.05, 0) is 96.3 Å². The number of unbranched alkanes of at least 4 members (excludes halogenated alkanes) is 52. The summed E-state index contributed by atoms with van der Waals surface area (Å²) in [6.45, 7) is 4.82. The maximum atomic E-state index is 13.0. The molecule has 2 atom stereocenters. The molecule has 0 rings (SSSR count). The van der Waals surface area contributed by atoms with Gasteiger partial charge in [-0.3, -0.25) is 9.59 Å². The van der Waals surface area contributed by atoms with Crippen LogP contribution >= 0.6 is 0 Å². The molecule has 0 aromatic carbocycles. The number of esters is 2. The van der Waals surface area contributed by atoms with Crippen molar-refractivity contribution in [2.24, 2.45) is 0 Å². The van der Waals surface area contributed by atoms with Gasteiger partial charge in [-0.15, -0.1) is 0 Å². The van der Waals surface area contributed by atoms with Crippen LogP contribution in [0.25, 0.3) is 0 Å². The van der Waals surface area contributed by atoms with Crippen molar-refractivity contribution < 1.29 is 42.9 Å². The lowest BCUT2D eigenvalue weighted by Crippen LogP contribution is -2.40. The van der Waals surface area contributed by atoms with Crippen LogP contribution in [0, 0.1) is 0 Å². The fourth-order valence-electron chi connectivity index (χ4n) is 13.1. The minimum Gasteiger partial charge on any atom is -0.477 e. The Morgan fingerprint density at radius 3 is 0.825 bits per heavy atom. The normalized spacial score (nSPS) is 13.1. The first-order valence-electron chi connectivity index (χ1n) is 44.4. The molecule has 0 fully saturated rings. The number of carboxylic acid groups (broad SMARTS) is 1. The molecule has 0 radical (unpaired) electrons. The molecule has 9 nitrogen and oxygen atoms in total. The second-order valence-electron chi connectivity index (χ2n) is 31.2. The Balaban J connectivity index is 3.93. The van der Waals surface area contributed by atoms with Crippen molar-refractivity contribution in [2.75, 3.05) is 47.5 Å². The number of carbonyl (C=O) groups excluding carboxylic acids is 2. The fraction of sp³-hybridized carbons (Fsp3) is 0.798. The zero-order chi connectivity index (χ0) is 74.6. The highest BCUT2D eigenvalue weighted by atomic mass is 16.7. The second kappa shape index (κ2) is 83.8. The van der Waals surface area contributed by atoms with E-state index < -0.39 is 18.4 Å². The number of carboxylic acids is 1. The summed E-state index contributed by atoms with van der Waals surface area (Å²) in [6.07, 6.45) is 115. The van der Waals surface area contributed by atoms with E-state index in [2.05, 4.69) is 111 Å². The Labute approximate surface area is 639 Å². The van der Waals surface area contributed by atoms with Gasteiger partial charge in [-0.2, -0.15) is 0 Å². The predicted molar refractivity (Wildman–Crippen MR) is 447 cm³/mol. The van der Waals surface area contributed by atoms with Crippen molar-refractivity contribution in [3.05, 3.63) is 97.2 Å². The van der Waals surface area contributed by atoms with Gasteiger partial charge in [0.2, 0.25) is 0 Å². The van der Waals surface area contributed by atoms with E-state index in [4.69, 9.17) is 18.9 Å². The van der Waals surface area contributed by atoms with Crippen LogP contribution in [-0.2, 0) is 33.3 Å². The zero-order valence-electron chi connectivity index (χ0n) is 68.7. The first-order chi connectivity index (χ1) is 50.6. The van der Waals surface area contributed by atoms with Gasteiger partial charge in [0.1, 0.15) is 13.2 Å². The molecule has 0 aliphatic rings. The number of nitrogens with zero attached hydrogens (tertiary/aromatic N) is 1. The largest absolute Gasteiger partial charge is 0.477 e. The number of quaternary nitrogens is 1. The summed E-state index contributed by atoms with van der Waals surface area (Å²) < 4.78 is 23.1. The van der Waals surface area contributed by atoms with Gasteiger partial charge in [-0.1, -0.05) is 413 Å². The lowest BCUT2D eigenvalue weighted by molar-refractivity contribution is -0.870. The molecule has 0 aliphatic heterocycles. The van der Waals surface area contributed by atoms with Crippen LogP contribution in [0.5, 0.6) is 0 Å². The number of hydrogen-bond donors (Lipinski definition) is 1. The highest BCUT2D eigenvalue weighted by Gasteiger charge is 2.25. The third-order valence-electron chi connectivity index (χ3n) is 19.8. The standard InChI is InChI=1S/C94H169NO8/c1-6-8-10-12-14-16-18-20-22-24-26-28-30-32-34-36-38-40-42-44-46-48-50-52-54-56-58-60-62-64-66-68-70-72-74-76-78-80-82-84-91(96)101-88-90(89-102-94(93(98)99)100-87-86-95(3,4)5)103-92(97)85-83-81-79-77-75-73-71-69-67-65-63-61-59-57-55-53-51-49-47-45-43-41-39-37-35-33-31-29-27-25-23-21-19-17-15-13-11-9-7-2/h9,11,15,17-18,20-21,23-24,26-27,29,33,35,39,41,90,94H,6-8,10,12-14,16,19,22,25,28,30-32,34,36-38,40,42-89H2,1-5H3/p+1/b11-9-,17-15-,20-18-,23-21-,26-24-,29-27-,35-33-,41-39-.